The lowest BCUT2D eigenvalue weighted by Gasteiger charge is -2.23. The van der Waals surface area contributed by atoms with E-state index in [1.807, 2.05) is 30.5 Å². The Bertz CT molecular complexity index is 1190. The molecule has 2 aromatic heterocycles. The summed E-state index contributed by atoms with van der Waals surface area (Å²) in [5.74, 6) is 0. The summed E-state index contributed by atoms with van der Waals surface area (Å²) < 4.78 is 5.46. The molecule has 0 radical (unpaired) electrons. The van der Waals surface area contributed by atoms with E-state index in [-0.39, 0.29) is 0 Å². The van der Waals surface area contributed by atoms with E-state index in [2.05, 4.69) is 28.2 Å². The maximum atomic E-state index is 8.71. The molecule has 0 atom stereocenters. The first-order valence-electron chi connectivity index (χ1n) is 10.1. The number of rotatable bonds is 5. The largest absolute Gasteiger partial charge is 0.398 e. The van der Waals surface area contributed by atoms with Gasteiger partial charge in [-0.15, -0.1) is 11.3 Å². The zero-order valence-corrected chi connectivity index (χ0v) is 17.4. The van der Waals surface area contributed by atoms with Crippen LogP contribution in [-0.2, 0) is 11.3 Å². The average molecular weight is 419 g/mol. The summed E-state index contributed by atoms with van der Waals surface area (Å²) in [5.41, 5.74) is 14.0. The molecule has 1 saturated heterocycles. The fraction of sp³-hybridized carbons (Fsp3) is 0.217. The highest BCUT2D eigenvalue weighted by molar-refractivity contribution is 7.13. The number of hydrogen-bond acceptors (Lipinski definition) is 5. The molecule has 3 heterocycles. The minimum absolute atomic E-state index is 0.403. The molecule has 30 heavy (non-hydrogen) atoms. The number of thiazole rings is 1. The van der Waals surface area contributed by atoms with Gasteiger partial charge < -0.3 is 20.4 Å². The van der Waals surface area contributed by atoms with E-state index in [9.17, 15) is 0 Å². The number of benzene rings is 2. The molecule has 4 aromatic rings. The van der Waals surface area contributed by atoms with Crippen LogP contribution in [0.2, 0.25) is 0 Å². The maximum Gasteiger partial charge on any atom is 0.103 e. The second-order valence-electron chi connectivity index (χ2n) is 7.69. The van der Waals surface area contributed by atoms with Crippen LogP contribution in [0.15, 0.2) is 54.2 Å². The third-order valence-electron chi connectivity index (χ3n) is 5.65. The van der Waals surface area contributed by atoms with Gasteiger partial charge in [-0.1, -0.05) is 18.2 Å². The molecule has 152 valence electrons. The number of nitrogens with two attached hydrogens (primary N) is 1. The number of nitrogen functional groups attached to an aromatic ring is 1. The summed E-state index contributed by atoms with van der Waals surface area (Å²) >= 11 is 1.58. The first-order chi connectivity index (χ1) is 14.7. The normalized spacial score (nSPS) is 14.9. The number of fused-ring (bicyclic) bond motifs is 1. The van der Waals surface area contributed by atoms with E-state index in [0.29, 0.717) is 11.4 Å². The lowest BCUT2D eigenvalue weighted by atomic mass is 10.0. The summed E-state index contributed by atoms with van der Waals surface area (Å²) in [6.07, 6.45) is 1.83. The average Bonchev–Trinajstić information content (AvgIpc) is 3.44. The van der Waals surface area contributed by atoms with Crippen molar-refractivity contribution in [2.24, 2.45) is 0 Å². The van der Waals surface area contributed by atoms with Gasteiger partial charge in [-0.05, 0) is 29.8 Å². The van der Waals surface area contributed by atoms with Crippen LogP contribution in [0, 0.1) is 5.41 Å². The number of anilines is 1. The standard InChI is InChI=1S/C23H23N5OS/c24-19-10-16(22-12-26-14-30-22)2-3-18(19)23(25)21-11-17-9-15(1-4-20(17)27-21)13-28-5-7-29-8-6-28/h1-4,9-12,14,25,27H,5-8,13,24H2/p+1. The molecule has 0 aliphatic carbocycles. The Hall–Kier alpha value is -3.00. The zero-order chi connectivity index (χ0) is 20.5. The van der Waals surface area contributed by atoms with Crippen molar-refractivity contribution in [3.05, 3.63) is 71.0 Å². The fourth-order valence-corrected chi connectivity index (χ4v) is 4.62. The minimum Gasteiger partial charge on any atom is -0.398 e. The van der Waals surface area contributed by atoms with Gasteiger partial charge in [0.05, 0.1) is 35.0 Å². The number of quaternary nitrogens is 1. The summed E-state index contributed by atoms with van der Waals surface area (Å²) in [7, 11) is 0. The monoisotopic (exact) mass is 418 g/mol. The van der Waals surface area contributed by atoms with E-state index in [1.54, 1.807) is 21.7 Å². The lowest BCUT2D eigenvalue weighted by Crippen LogP contribution is -3.12. The first-order valence-corrected chi connectivity index (χ1v) is 11.0. The Balaban J connectivity index is 1.39. The molecular formula is C23H24N5OS+. The fourth-order valence-electron chi connectivity index (χ4n) is 4.00. The van der Waals surface area contributed by atoms with Gasteiger partial charge in [-0.2, -0.15) is 0 Å². The van der Waals surface area contributed by atoms with E-state index >= 15 is 0 Å². The molecule has 0 bridgehead atoms. The molecule has 1 fully saturated rings. The highest BCUT2D eigenvalue weighted by Gasteiger charge is 2.16. The molecule has 7 heteroatoms. The number of morpholine rings is 1. The molecule has 1 aliphatic rings. The van der Waals surface area contributed by atoms with Gasteiger partial charge in [0.2, 0.25) is 0 Å². The lowest BCUT2D eigenvalue weighted by molar-refractivity contribution is -0.921. The number of H-pyrrole nitrogens is 1. The summed E-state index contributed by atoms with van der Waals surface area (Å²) in [6, 6.07) is 14.4. The second kappa shape index (κ2) is 8.02. The third-order valence-corrected chi connectivity index (χ3v) is 6.47. The van der Waals surface area contributed by atoms with Crippen molar-refractivity contribution in [2.75, 3.05) is 32.0 Å². The van der Waals surface area contributed by atoms with Gasteiger partial charge in [0.25, 0.3) is 0 Å². The molecule has 0 amide bonds. The van der Waals surface area contributed by atoms with Crippen LogP contribution in [0.25, 0.3) is 21.3 Å². The molecule has 0 saturated carbocycles. The number of aromatic amines is 1. The van der Waals surface area contributed by atoms with E-state index in [4.69, 9.17) is 15.9 Å². The van der Waals surface area contributed by atoms with Crippen LogP contribution in [0.3, 0.4) is 0 Å². The van der Waals surface area contributed by atoms with Gasteiger partial charge in [-0.3, -0.25) is 10.4 Å². The van der Waals surface area contributed by atoms with Gasteiger partial charge in [0.1, 0.15) is 19.6 Å². The molecule has 2 aromatic carbocycles. The van der Waals surface area contributed by atoms with Crippen LogP contribution < -0.4 is 10.6 Å². The molecule has 5 N–H and O–H groups in total. The van der Waals surface area contributed by atoms with Crippen LogP contribution in [-0.4, -0.2) is 42.0 Å². The highest BCUT2D eigenvalue weighted by Crippen LogP contribution is 2.28. The van der Waals surface area contributed by atoms with Crippen molar-refractivity contribution >= 4 is 33.6 Å². The van der Waals surface area contributed by atoms with Crippen molar-refractivity contribution < 1.29 is 9.64 Å². The van der Waals surface area contributed by atoms with Crippen molar-refractivity contribution in [3.63, 3.8) is 0 Å². The number of hydrogen-bond donors (Lipinski definition) is 4. The van der Waals surface area contributed by atoms with Crippen LogP contribution in [0.4, 0.5) is 5.69 Å². The van der Waals surface area contributed by atoms with Crippen molar-refractivity contribution in [1.82, 2.24) is 9.97 Å². The second-order valence-corrected chi connectivity index (χ2v) is 8.57. The first kappa shape index (κ1) is 19.0. The van der Waals surface area contributed by atoms with Crippen LogP contribution in [0.1, 0.15) is 16.8 Å². The Labute approximate surface area is 178 Å². The van der Waals surface area contributed by atoms with Gasteiger partial charge in [-0.25, -0.2) is 0 Å². The number of aromatic nitrogens is 2. The Morgan fingerprint density at radius 3 is 2.80 bits per heavy atom. The molecule has 1 aliphatic heterocycles. The highest BCUT2D eigenvalue weighted by atomic mass is 32.1. The quantitative estimate of drug-likeness (QED) is 0.297. The van der Waals surface area contributed by atoms with Gasteiger partial charge in [0, 0.05) is 33.9 Å². The van der Waals surface area contributed by atoms with E-state index < -0.39 is 0 Å². The van der Waals surface area contributed by atoms with E-state index in [0.717, 1.165) is 65.4 Å². The summed E-state index contributed by atoms with van der Waals surface area (Å²) in [6.45, 7) is 4.79. The predicted molar refractivity (Wildman–Crippen MR) is 121 cm³/mol. The van der Waals surface area contributed by atoms with E-state index in [1.165, 1.54) is 5.56 Å². The molecule has 0 spiro atoms. The van der Waals surface area contributed by atoms with Crippen LogP contribution in [0.5, 0.6) is 0 Å². The maximum absolute atomic E-state index is 8.71. The topological polar surface area (TPSA) is 92.2 Å². The Kier molecular flexibility index (Phi) is 5.08. The number of nitrogens with one attached hydrogen (secondary N) is 3. The molecule has 5 rings (SSSR count). The van der Waals surface area contributed by atoms with Crippen LogP contribution >= 0.6 is 11.3 Å². The summed E-state index contributed by atoms with van der Waals surface area (Å²) in [5, 5.41) is 9.83. The Morgan fingerprint density at radius 2 is 2.03 bits per heavy atom. The minimum atomic E-state index is 0.403. The zero-order valence-electron chi connectivity index (χ0n) is 16.6. The SMILES string of the molecule is N=C(c1cc2cc(C[NH+]3CCOCC3)ccc2[nH]1)c1ccc(-c2cncs2)cc1N. The van der Waals surface area contributed by atoms with Gasteiger partial charge >= 0.3 is 0 Å². The number of ether oxygens (including phenoxy) is 1. The Morgan fingerprint density at radius 1 is 1.17 bits per heavy atom. The molecular weight excluding hydrogens is 394 g/mol. The smallest absolute Gasteiger partial charge is 0.103 e. The third kappa shape index (κ3) is 3.75. The molecule has 6 nitrogen and oxygen atoms in total. The summed E-state index contributed by atoms with van der Waals surface area (Å²) in [4.78, 5) is 10.1. The molecule has 0 unspecified atom stereocenters. The number of nitrogens with zero attached hydrogens (tertiary/aromatic N) is 1. The van der Waals surface area contributed by atoms with Crippen molar-refractivity contribution in [3.8, 4) is 10.4 Å². The van der Waals surface area contributed by atoms with Gasteiger partial charge in [0.15, 0.2) is 0 Å². The van der Waals surface area contributed by atoms with Crippen molar-refractivity contribution in [1.29, 1.82) is 5.41 Å². The predicted octanol–water partition coefficient (Wildman–Crippen LogP) is 2.70. The van der Waals surface area contributed by atoms with Crippen molar-refractivity contribution in [2.45, 2.75) is 6.54 Å².